The van der Waals surface area contributed by atoms with Crippen molar-refractivity contribution < 1.29 is 4.84 Å². The number of nitrogens with two attached hydrogens (primary N) is 1. The van der Waals surface area contributed by atoms with Gasteiger partial charge in [-0.3, -0.25) is 0 Å². The lowest BCUT2D eigenvalue weighted by atomic mass is 9.95. The van der Waals surface area contributed by atoms with E-state index in [0.717, 1.165) is 29.5 Å². The van der Waals surface area contributed by atoms with E-state index in [2.05, 4.69) is 10.4 Å². The minimum Gasteiger partial charge on any atom is -0.410 e. The summed E-state index contributed by atoms with van der Waals surface area (Å²) in [4.78, 5) is 17.9. The van der Waals surface area contributed by atoms with Gasteiger partial charge in [-0.2, -0.15) is 15.3 Å². The van der Waals surface area contributed by atoms with Crippen molar-refractivity contribution in [3.05, 3.63) is 73.6 Å². The molecule has 0 amide bonds. The van der Waals surface area contributed by atoms with Gasteiger partial charge in [0.1, 0.15) is 0 Å². The van der Waals surface area contributed by atoms with Crippen LogP contribution in [-0.4, -0.2) is 19.8 Å². The third-order valence-electron chi connectivity index (χ3n) is 5.02. The van der Waals surface area contributed by atoms with Crippen LogP contribution in [0.3, 0.4) is 0 Å². The zero-order valence-electron chi connectivity index (χ0n) is 15.9. The number of allylic oxidation sites excluding steroid dienone is 1. The molecule has 3 aromatic rings. The fraction of sp³-hybridized carbons (Fsp3) is 0.250. The van der Waals surface area contributed by atoms with Crippen LogP contribution in [0.5, 0.6) is 0 Å². The smallest absolute Gasteiger partial charge is 0.368 e. The van der Waals surface area contributed by atoms with E-state index >= 15 is 0 Å². The topological polar surface area (TPSA) is 88.0 Å². The molecule has 0 atom stereocenters. The van der Waals surface area contributed by atoms with Crippen molar-refractivity contribution in [2.45, 2.75) is 25.7 Å². The maximum absolute atomic E-state index is 12.5. The van der Waals surface area contributed by atoms with E-state index in [4.69, 9.17) is 33.9 Å². The van der Waals surface area contributed by atoms with Crippen LogP contribution in [0.1, 0.15) is 42.4 Å². The summed E-state index contributed by atoms with van der Waals surface area (Å²) >= 11 is 12.4. The van der Waals surface area contributed by atoms with Crippen LogP contribution in [0.25, 0.3) is 17.0 Å². The molecule has 0 saturated heterocycles. The van der Waals surface area contributed by atoms with Crippen molar-refractivity contribution in [2.75, 3.05) is 0 Å². The molecule has 1 fully saturated rings. The summed E-state index contributed by atoms with van der Waals surface area (Å²) in [5.74, 6) is 6.55. The van der Waals surface area contributed by atoms with Crippen LogP contribution < -0.4 is 11.6 Å². The number of tetrazole rings is 1. The van der Waals surface area contributed by atoms with Gasteiger partial charge >= 0.3 is 5.69 Å². The predicted octanol–water partition coefficient (Wildman–Crippen LogP) is 3.93. The summed E-state index contributed by atoms with van der Waals surface area (Å²) in [6.07, 6.45) is 2.12. The van der Waals surface area contributed by atoms with Crippen LogP contribution in [0.4, 0.5) is 0 Å². The summed E-state index contributed by atoms with van der Waals surface area (Å²) < 4.78 is 2.42. The Balaban J connectivity index is 2.01. The SMILES string of the molecule is C/C(=C(\ON)c1c(C2CC2)cccc1-n1nnn(C)c1=O)c1cc(Cl)cc(Cl)c1. The first kappa shape index (κ1) is 19.7. The molecule has 1 aliphatic rings. The highest BCUT2D eigenvalue weighted by Gasteiger charge is 2.31. The highest BCUT2D eigenvalue weighted by molar-refractivity contribution is 6.34. The largest absolute Gasteiger partial charge is 0.410 e. The predicted molar refractivity (Wildman–Crippen MR) is 113 cm³/mol. The number of hydrogen-bond donors (Lipinski definition) is 1. The average Bonchev–Trinajstić information content (AvgIpc) is 3.48. The molecule has 0 aliphatic heterocycles. The molecule has 4 rings (SSSR count). The first-order valence-corrected chi connectivity index (χ1v) is 9.83. The van der Waals surface area contributed by atoms with Gasteiger partial charge in [0.15, 0.2) is 5.76 Å². The Bertz CT molecular complexity index is 1160. The number of hydrogen-bond acceptors (Lipinski definition) is 5. The van der Waals surface area contributed by atoms with Gasteiger partial charge in [0.2, 0.25) is 0 Å². The second-order valence-electron chi connectivity index (χ2n) is 7.04. The van der Waals surface area contributed by atoms with Crippen LogP contribution in [0, 0.1) is 0 Å². The van der Waals surface area contributed by atoms with Crippen LogP contribution >= 0.6 is 23.2 Å². The second kappa shape index (κ2) is 7.67. The normalized spacial score (nSPS) is 14.7. The third kappa shape index (κ3) is 3.69. The van der Waals surface area contributed by atoms with Gasteiger partial charge in [0, 0.05) is 28.2 Å². The van der Waals surface area contributed by atoms with E-state index in [1.807, 2.05) is 19.1 Å². The van der Waals surface area contributed by atoms with Gasteiger partial charge in [-0.05, 0) is 71.5 Å². The van der Waals surface area contributed by atoms with Gasteiger partial charge in [0.05, 0.1) is 5.69 Å². The van der Waals surface area contributed by atoms with Crippen molar-refractivity contribution in [1.82, 2.24) is 19.8 Å². The molecule has 2 aromatic carbocycles. The van der Waals surface area contributed by atoms with E-state index in [9.17, 15) is 4.79 Å². The average molecular weight is 432 g/mol. The van der Waals surface area contributed by atoms with E-state index in [-0.39, 0.29) is 5.69 Å². The van der Waals surface area contributed by atoms with E-state index in [1.165, 1.54) is 9.36 Å². The first-order chi connectivity index (χ1) is 13.9. The lowest BCUT2D eigenvalue weighted by Crippen LogP contribution is -2.23. The molecule has 0 spiro atoms. The summed E-state index contributed by atoms with van der Waals surface area (Å²) in [5, 5.41) is 8.84. The zero-order valence-corrected chi connectivity index (χ0v) is 17.4. The Labute approximate surface area is 177 Å². The maximum atomic E-state index is 12.5. The van der Waals surface area contributed by atoms with Gasteiger partial charge < -0.3 is 4.84 Å². The Morgan fingerprint density at radius 1 is 1.17 bits per heavy atom. The molecular weight excluding hydrogens is 413 g/mol. The Hall–Kier alpha value is -2.61. The van der Waals surface area contributed by atoms with Crippen LogP contribution in [-0.2, 0) is 11.9 Å². The minimum absolute atomic E-state index is 0.362. The lowest BCUT2D eigenvalue weighted by molar-refractivity contribution is 0.291. The van der Waals surface area contributed by atoms with Gasteiger partial charge in [-0.1, -0.05) is 35.3 Å². The molecule has 1 heterocycles. The van der Waals surface area contributed by atoms with Crippen molar-refractivity contribution in [2.24, 2.45) is 12.9 Å². The summed E-state index contributed by atoms with van der Waals surface area (Å²) in [6.45, 7) is 1.87. The molecule has 0 unspecified atom stereocenters. The lowest BCUT2D eigenvalue weighted by Gasteiger charge is -2.18. The molecule has 1 aliphatic carbocycles. The summed E-state index contributed by atoms with van der Waals surface area (Å²) in [6, 6.07) is 11.0. The third-order valence-corrected chi connectivity index (χ3v) is 5.46. The van der Waals surface area contributed by atoms with Gasteiger partial charge in [-0.25, -0.2) is 4.79 Å². The number of nitrogens with zero attached hydrogens (tertiary/aromatic N) is 4. The number of halogens is 2. The fourth-order valence-corrected chi connectivity index (χ4v) is 3.94. The zero-order chi connectivity index (χ0) is 20.7. The highest BCUT2D eigenvalue weighted by atomic mass is 35.5. The molecule has 2 N–H and O–H groups in total. The Morgan fingerprint density at radius 3 is 2.41 bits per heavy atom. The molecule has 150 valence electrons. The summed E-state index contributed by atoms with van der Waals surface area (Å²) in [7, 11) is 1.55. The first-order valence-electron chi connectivity index (χ1n) is 9.07. The maximum Gasteiger partial charge on any atom is 0.368 e. The van der Waals surface area contributed by atoms with Crippen LogP contribution in [0.15, 0.2) is 41.2 Å². The van der Waals surface area contributed by atoms with E-state index in [0.29, 0.717) is 33.0 Å². The van der Waals surface area contributed by atoms with E-state index < -0.39 is 0 Å². The number of aromatic nitrogens is 4. The standard InChI is InChI=1S/C20H19Cl2N5O2/c1-11(13-8-14(21)10-15(22)9-13)19(29-23)18-16(12-6-7-12)4-3-5-17(18)27-20(28)26(2)24-25-27/h3-5,8-10,12H,6-7,23H2,1-2H3/b19-11+. The molecule has 9 heteroatoms. The number of benzene rings is 2. The quantitative estimate of drug-likeness (QED) is 0.375. The molecular formula is C20H19Cl2N5O2. The molecule has 7 nitrogen and oxygen atoms in total. The molecule has 1 saturated carbocycles. The van der Waals surface area contributed by atoms with Gasteiger partial charge in [0.25, 0.3) is 0 Å². The highest BCUT2D eigenvalue weighted by Crippen LogP contribution is 2.45. The number of aryl methyl sites for hydroxylation is 1. The Morgan fingerprint density at radius 2 is 1.86 bits per heavy atom. The molecule has 0 bridgehead atoms. The Kier molecular flexibility index (Phi) is 5.21. The van der Waals surface area contributed by atoms with Crippen molar-refractivity contribution in [1.29, 1.82) is 0 Å². The van der Waals surface area contributed by atoms with E-state index in [1.54, 1.807) is 31.3 Å². The monoisotopic (exact) mass is 431 g/mol. The fourth-order valence-electron chi connectivity index (χ4n) is 3.42. The second-order valence-corrected chi connectivity index (χ2v) is 7.92. The number of rotatable bonds is 5. The summed E-state index contributed by atoms with van der Waals surface area (Å²) in [5.41, 5.74) is 3.47. The molecule has 0 radical (unpaired) electrons. The van der Waals surface area contributed by atoms with Crippen molar-refractivity contribution >= 4 is 34.5 Å². The van der Waals surface area contributed by atoms with Crippen molar-refractivity contribution in [3.8, 4) is 5.69 Å². The molecule has 29 heavy (non-hydrogen) atoms. The minimum atomic E-state index is -0.362. The van der Waals surface area contributed by atoms with Crippen molar-refractivity contribution in [3.63, 3.8) is 0 Å². The van der Waals surface area contributed by atoms with Gasteiger partial charge in [-0.15, -0.1) is 0 Å². The molecule has 1 aromatic heterocycles. The van der Waals surface area contributed by atoms with Crippen LogP contribution in [0.2, 0.25) is 10.0 Å².